The fourth-order valence-corrected chi connectivity index (χ4v) is 4.06. The van der Waals surface area contributed by atoms with Crippen molar-refractivity contribution >= 4 is 21.6 Å². The first kappa shape index (κ1) is 19.5. The van der Waals surface area contributed by atoms with Gasteiger partial charge in [-0.25, -0.2) is 18.4 Å². The van der Waals surface area contributed by atoms with Crippen LogP contribution in [0.4, 0.5) is 5.82 Å². The number of hydrogen-bond acceptors (Lipinski definition) is 5. The molecule has 0 aromatic carbocycles. The van der Waals surface area contributed by atoms with E-state index in [2.05, 4.69) is 15.3 Å². The van der Waals surface area contributed by atoms with E-state index >= 15 is 0 Å². The molecule has 1 N–H and O–H groups in total. The fourth-order valence-electron chi connectivity index (χ4n) is 2.69. The fraction of sp³-hybridized carbons (Fsp3) is 0.647. The molecule has 1 aromatic rings. The summed E-state index contributed by atoms with van der Waals surface area (Å²) in [7, 11) is 0.846. The molecule has 25 heavy (non-hydrogen) atoms. The van der Waals surface area contributed by atoms with Crippen LogP contribution < -0.4 is 10.2 Å². The summed E-state index contributed by atoms with van der Waals surface area (Å²) in [5.41, 5.74) is 1.02. The highest BCUT2D eigenvalue weighted by Crippen LogP contribution is 2.23. The van der Waals surface area contributed by atoms with Crippen molar-refractivity contribution < 1.29 is 8.42 Å². The highest BCUT2D eigenvalue weighted by atomic mass is 32.2. The number of guanidine groups is 1. The van der Waals surface area contributed by atoms with Crippen molar-refractivity contribution in [1.82, 2.24) is 15.2 Å². The molecule has 0 amide bonds. The maximum atomic E-state index is 12.2. The van der Waals surface area contributed by atoms with Crippen molar-refractivity contribution in [1.29, 1.82) is 0 Å². The highest BCUT2D eigenvalue weighted by Gasteiger charge is 2.40. The van der Waals surface area contributed by atoms with E-state index in [1.807, 2.05) is 49.1 Å². The number of nitrogens with one attached hydrogen (secondary N) is 1. The zero-order valence-corrected chi connectivity index (χ0v) is 16.6. The Morgan fingerprint density at radius 3 is 2.64 bits per heavy atom. The predicted molar refractivity (Wildman–Crippen MR) is 103 cm³/mol. The number of pyridine rings is 1. The molecular formula is C17H29N5O2S. The molecule has 0 atom stereocenters. The van der Waals surface area contributed by atoms with Gasteiger partial charge in [0.15, 0.2) is 15.8 Å². The third-order valence-corrected chi connectivity index (χ3v) is 6.89. The second-order valence-electron chi connectivity index (χ2n) is 7.09. The minimum atomic E-state index is -3.06. The first-order valence-corrected chi connectivity index (χ1v) is 10.2. The Bertz CT molecular complexity index is 711. The van der Waals surface area contributed by atoms with Crippen molar-refractivity contribution in [2.24, 2.45) is 4.99 Å². The topological polar surface area (TPSA) is 77.9 Å². The van der Waals surface area contributed by atoms with Crippen molar-refractivity contribution in [3.05, 3.63) is 23.9 Å². The number of hydrogen-bond donors (Lipinski definition) is 1. The molecule has 2 rings (SSSR count). The lowest BCUT2D eigenvalue weighted by Gasteiger charge is -2.39. The van der Waals surface area contributed by atoms with Crippen LogP contribution in [0.3, 0.4) is 0 Å². The van der Waals surface area contributed by atoms with Gasteiger partial charge in [0.05, 0.1) is 17.0 Å². The van der Waals surface area contributed by atoms with E-state index in [9.17, 15) is 8.42 Å². The van der Waals surface area contributed by atoms with Crippen LogP contribution in [0.2, 0.25) is 0 Å². The van der Waals surface area contributed by atoms with E-state index < -0.39 is 14.6 Å². The van der Waals surface area contributed by atoms with Crippen LogP contribution in [0, 0.1) is 0 Å². The van der Waals surface area contributed by atoms with E-state index in [0.29, 0.717) is 19.6 Å². The zero-order valence-electron chi connectivity index (χ0n) is 15.8. The standard InChI is InChI=1S/C17H29N5O2S/c1-6-18-16(22-9-10-25(23,24)17(2,3)13-22)20-12-14-7-8-15(19-11-14)21(4)5/h7-8,11H,6,9-10,12-13H2,1-5H3,(H,18,20). The molecule has 0 aliphatic carbocycles. The van der Waals surface area contributed by atoms with Crippen molar-refractivity contribution in [2.75, 3.05) is 44.4 Å². The van der Waals surface area contributed by atoms with Crippen LogP contribution in [0.5, 0.6) is 0 Å². The van der Waals surface area contributed by atoms with E-state index in [1.165, 1.54) is 0 Å². The number of nitrogens with zero attached hydrogens (tertiary/aromatic N) is 4. The van der Waals surface area contributed by atoms with Gasteiger partial charge in [0, 0.05) is 39.9 Å². The van der Waals surface area contributed by atoms with Crippen molar-refractivity contribution in [3.63, 3.8) is 0 Å². The SMILES string of the molecule is CCNC(=NCc1ccc(N(C)C)nc1)N1CCS(=O)(=O)C(C)(C)C1. The molecule has 2 heterocycles. The Morgan fingerprint density at radius 2 is 2.12 bits per heavy atom. The summed E-state index contributed by atoms with van der Waals surface area (Å²) in [4.78, 5) is 13.1. The summed E-state index contributed by atoms with van der Waals surface area (Å²) in [6, 6.07) is 3.98. The molecule has 140 valence electrons. The maximum Gasteiger partial charge on any atom is 0.194 e. The Hall–Kier alpha value is -1.83. The van der Waals surface area contributed by atoms with Gasteiger partial charge >= 0.3 is 0 Å². The summed E-state index contributed by atoms with van der Waals surface area (Å²) in [6.45, 7) is 7.72. The second-order valence-corrected chi connectivity index (χ2v) is 9.83. The summed E-state index contributed by atoms with van der Waals surface area (Å²) >= 11 is 0. The summed E-state index contributed by atoms with van der Waals surface area (Å²) in [5, 5.41) is 3.27. The first-order valence-electron chi connectivity index (χ1n) is 8.54. The molecule has 1 saturated heterocycles. The van der Waals surface area contributed by atoms with E-state index in [-0.39, 0.29) is 5.75 Å². The van der Waals surface area contributed by atoms with Gasteiger partial charge in [-0.2, -0.15) is 0 Å². The van der Waals surface area contributed by atoms with Crippen LogP contribution in [-0.2, 0) is 16.4 Å². The van der Waals surface area contributed by atoms with Gasteiger partial charge in [0.2, 0.25) is 0 Å². The first-order chi connectivity index (χ1) is 11.7. The summed E-state index contributed by atoms with van der Waals surface area (Å²) in [5.74, 6) is 1.81. The van der Waals surface area contributed by atoms with Crippen LogP contribution >= 0.6 is 0 Å². The van der Waals surface area contributed by atoms with E-state index in [1.54, 1.807) is 13.8 Å². The normalized spacial score (nSPS) is 19.6. The largest absolute Gasteiger partial charge is 0.363 e. The van der Waals surface area contributed by atoms with Gasteiger partial charge in [-0.05, 0) is 32.4 Å². The van der Waals surface area contributed by atoms with Crippen LogP contribution in [0.15, 0.2) is 23.3 Å². The number of anilines is 1. The average Bonchev–Trinajstić information content (AvgIpc) is 2.54. The zero-order chi connectivity index (χ0) is 18.7. The van der Waals surface area contributed by atoms with Crippen molar-refractivity contribution in [3.8, 4) is 0 Å². The van der Waals surface area contributed by atoms with Crippen LogP contribution in [-0.4, -0.2) is 68.5 Å². The molecule has 0 bridgehead atoms. The molecule has 0 spiro atoms. The Balaban J connectivity index is 2.13. The minimum absolute atomic E-state index is 0.156. The minimum Gasteiger partial charge on any atom is -0.363 e. The predicted octanol–water partition coefficient (Wildman–Crippen LogP) is 1.12. The van der Waals surface area contributed by atoms with Gasteiger partial charge < -0.3 is 15.1 Å². The van der Waals surface area contributed by atoms with Crippen LogP contribution in [0.1, 0.15) is 26.3 Å². The Morgan fingerprint density at radius 1 is 1.40 bits per heavy atom. The number of aromatic nitrogens is 1. The lowest BCUT2D eigenvalue weighted by Crippen LogP contribution is -2.57. The lowest BCUT2D eigenvalue weighted by molar-refractivity contribution is 0.353. The third kappa shape index (κ3) is 4.62. The molecule has 7 nitrogen and oxygen atoms in total. The molecule has 0 unspecified atom stereocenters. The van der Waals surface area contributed by atoms with Gasteiger partial charge in [-0.15, -0.1) is 0 Å². The number of aliphatic imine (C=N–C) groups is 1. The molecule has 0 saturated carbocycles. The summed E-state index contributed by atoms with van der Waals surface area (Å²) in [6.07, 6.45) is 1.83. The maximum absolute atomic E-state index is 12.2. The smallest absolute Gasteiger partial charge is 0.194 e. The average molecular weight is 368 g/mol. The van der Waals surface area contributed by atoms with Gasteiger partial charge in [0.1, 0.15) is 5.82 Å². The molecule has 1 aliphatic heterocycles. The van der Waals surface area contributed by atoms with Gasteiger partial charge in [-0.3, -0.25) is 0 Å². The highest BCUT2D eigenvalue weighted by molar-refractivity contribution is 7.92. The van der Waals surface area contributed by atoms with Crippen LogP contribution in [0.25, 0.3) is 0 Å². The number of sulfone groups is 1. The lowest BCUT2D eigenvalue weighted by atomic mass is 10.2. The Labute approximate surface area is 151 Å². The molecule has 0 radical (unpaired) electrons. The van der Waals surface area contributed by atoms with Gasteiger partial charge in [0.25, 0.3) is 0 Å². The second kappa shape index (κ2) is 7.59. The Kier molecular flexibility index (Phi) is 5.92. The number of rotatable bonds is 4. The van der Waals surface area contributed by atoms with Crippen molar-refractivity contribution in [2.45, 2.75) is 32.1 Å². The van der Waals surface area contributed by atoms with E-state index in [0.717, 1.165) is 23.9 Å². The molecule has 1 aromatic heterocycles. The van der Waals surface area contributed by atoms with Gasteiger partial charge in [-0.1, -0.05) is 6.07 Å². The molecular weight excluding hydrogens is 338 g/mol. The van der Waals surface area contributed by atoms with E-state index in [4.69, 9.17) is 0 Å². The third-order valence-electron chi connectivity index (χ3n) is 4.36. The monoisotopic (exact) mass is 367 g/mol. The summed E-state index contributed by atoms with van der Waals surface area (Å²) < 4.78 is 23.6. The molecule has 1 fully saturated rings. The molecule has 1 aliphatic rings. The molecule has 8 heteroatoms. The quantitative estimate of drug-likeness (QED) is 0.635.